The third-order valence-electron chi connectivity index (χ3n) is 2.99. The van der Waals surface area contributed by atoms with Crippen LogP contribution in [0.3, 0.4) is 0 Å². The lowest BCUT2D eigenvalue weighted by Gasteiger charge is -2.12. The molecule has 0 spiro atoms. The van der Waals surface area contributed by atoms with Gasteiger partial charge in [0.1, 0.15) is 5.71 Å². The Bertz CT molecular complexity index is 475. The molecule has 2 rings (SSSR count). The first-order valence-corrected chi connectivity index (χ1v) is 5.94. The summed E-state index contributed by atoms with van der Waals surface area (Å²) in [5.74, 6) is 0.430. The monoisotopic (exact) mass is 245 g/mol. The van der Waals surface area contributed by atoms with E-state index in [9.17, 15) is 0 Å². The van der Waals surface area contributed by atoms with Crippen LogP contribution < -0.4 is 10.3 Å². The zero-order chi connectivity index (χ0) is 13.3. The Kier molecular flexibility index (Phi) is 3.34. The fourth-order valence-corrected chi connectivity index (χ4v) is 1.91. The fourth-order valence-electron chi connectivity index (χ4n) is 1.91. The summed E-state index contributed by atoms with van der Waals surface area (Å²) in [5, 5.41) is 9.62. The van der Waals surface area contributed by atoms with E-state index in [-0.39, 0.29) is 6.04 Å². The molecule has 0 bridgehead atoms. The smallest absolute Gasteiger partial charge is 0.158 e. The first-order valence-electron chi connectivity index (χ1n) is 5.94. The number of anilines is 1. The number of hydrazine groups is 1. The molecule has 5 nitrogen and oxygen atoms in total. The number of amidine groups is 1. The Morgan fingerprint density at radius 1 is 1.28 bits per heavy atom. The Morgan fingerprint density at radius 2 is 1.89 bits per heavy atom. The van der Waals surface area contributed by atoms with Crippen LogP contribution in [0.1, 0.15) is 6.92 Å². The maximum atomic E-state index is 7.93. The molecule has 0 aliphatic carbocycles. The molecule has 2 N–H and O–H groups in total. The SMILES string of the molecule is CC1NN(C)C(=N)C1=Nc1ccc(N(C)C)cc1. The van der Waals surface area contributed by atoms with E-state index in [1.54, 1.807) is 5.01 Å². The highest BCUT2D eigenvalue weighted by Crippen LogP contribution is 2.19. The number of nitrogens with one attached hydrogen (secondary N) is 2. The first kappa shape index (κ1) is 12.6. The molecule has 0 radical (unpaired) electrons. The van der Waals surface area contributed by atoms with E-state index in [1.807, 2.05) is 57.2 Å². The number of hydrogen-bond acceptors (Lipinski definition) is 4. The van der Waals surface area contributed by atoms with Crippen LogP contribution in [0.25, 0.3) is 0 Å². The molecule has 96 valence electrons. The first-order chi connectivity index (χ1) is 8.49. The molecular weight excluding hydrogens is 226 g/mol. The Balaban J connectivity index is 2.25. The Hall–Kier alpha value is -1.88. The summed E-state index contributed by atoms with van der Waals surface area (Å²) >= 11 is 0. The summed E-state index contributed by atoms with van der Waals surface area (Å²) in [6, 6.07) is 8.08. The summed E-state index contributed by atoms with van der Waals surface area (Å²) in [5.41, 5.74) is 5.93. The second-order valence-electron chi connectivity index (χ2n) is 4.67. The molecule has 1 unspecified atom stereocenters. The topological polar surface area (TPSA) is 54.7 Å². The summed E-state index contributed by atoms with van der Waals surface area (Å²) < 4.78 is 0. The van der Waals surface area contributed by atoms with Gasteiger partial charge in [0.2, 0.25) is 0 Å². The third kappa shape index (κ3) is 2.36. The molecule has 1 saturated heterocycles. The lowest BCUT2D eigenvalue weighted by atomic mass is 10.2. The quantitative estimate of drug-likeness (QED) is 0.833. The van der Waals surface area contributed by atoms with E-state index in [4.69, 9.17) is 5.41 Å². The molecule has 1 aliphatic rings. The van der Waals surface area contributed by atoms with Gasteiger partial charge in [-0.05, 0) is 31.2 Å². The van der Waals surface area contributed by atoms with Crippen LogP contribution in [-0.4, -0.2) is 43.7 Å². The van der Waals surface area contributed by atoms with Crippen molar-refractivity contribution >= 4 is 22.9 Å². The zero-order valence-corrected chi connectivity index (χ0v) is 11.2. The van der Waals surface area contributed by atoms with Crippen LogP contribution in [0.15, 0.2) is 29.3 Å². The molecule has 1 aromatic rings. The Labute approximate surface area is 108 Å². The predicted molar refractivity (Wildman–Crippen MR) is 76.0 cm³/mol. The maximum Gasteiger partial charge on any atom is 0.158 e. The number of hydrogen-bond donors (Lipinski definition) is 2. The van der Waals surface area contributed by atoms with Crippen molar-refractivity contribution < 1.29 is 0 Å². The van der Waals surface area contributed by atoms with Crippen LogP contribution in [0.4, 0.5) is 11.4 Å². The molecule has 5 heteroatoms. The molecular formula is C13H19N5. The van der Waals surface area contributed by atoms with Crippen LogP contribution in [-0.2, 0) is 0 Å². The van der Waals surface area contributed by atoms with Gasteiger partial charge in [0.15, 0.2) is 5.84 Å². The largest absolute Gasteiger partial charge is 0.378 e. The van der Waals surface area contributed by atoms with E-state index >= 15 is 0 Å². The van der Waals surface area contributed by atoms with Crippen LogP contribution in [0, 0.1) is 5.41 Å². The summed E-state index contributed by atoms with van der Waals surface area (Å²) in [6.07, 6.45) is 0. The summed E-state index contributed by atoms with van der Waals surface area (Å²) in [6.45, 7) is 2.01. The van der Waals surface area contributed by atoms with E-state index < -0.39 is 0 Å². The van der Waals surface area contributed by atoms with Crippen molar-refractivity contribution in [1.29, 1.82) is 5.41 Å². The molecule has 0 amide bonds. The highest BCUT2D eigenvalue weighted by molar-refractivity contribution is 6.43. The van der Waals surface area contributed by atoms with E-state index in [1.165, 1.54) is 0 Å². The molecule has 1 aliphatic heterocycles. The van der Waals surface area contributed by atoms with Crippen molar-refractivity contribution in [2.75, 3.05) is 26.0 Å². The van der Waals surface area contributed by atoms with Crippen LogP contribution in [0.2, 0.25) is 0 Å². The average Bonchev–Trinajstić information content (AvgIpc) is 2.57. The number of rotatable bonds is 2. The molecule has 1 heterocycles. The van der Waals surface area contributed by atoms with Gasteiger partial charge in [-0.15, -0.1) is 0 Å². The van der Waals surface area contributed by atoms with E-state index in [0.717, 1.165) is 17.1 Å². The zero-order valence-electron chi connectivity index (χ0n) is 11.2. The van der Waals surface area contributed by atoms with Crippen molar-refractivity contribution in [1.82, 2.24) is 10.4 Å². The lowest BCUT2D eigenvalue weighted by Crippen LogP contribution is -2.32. The number of benzene rings is 1. The number of aliphatic imine (C=N–C) groups is 1. The van der Waals surface area contributed by atoms with Gasteiger partial charge in [0.05, 0.1) is 11.7 Å². The van der Waals surface area contributed by atoms with Gasteiger partial charge in [0, 0.05) is 26.8 Å². The lowest BCUT2D eigenvalue weighted by molar-refractivity contribution is 0.381. The summed E-state index contributed by atoms with van der Waals surface area (Å²) in [4.78, 5) is 6.59. The highest BCUT2D eigenvalue weighted by atomic mass is 15.5. The molecule has 1 atom stereocenters. The van der Waals surface area contributed by atoms with Gasteiger partial charge < -0.3 is 4.90 Å². The van der Waals surface area contributed by atoms with Gasteiger partial charge in [0.25, 0.3) is 0 Å². The van der Waals surface area contributed by atoms with Crippen LogP contribution in [0.5, 0.6) is 0 Å². The minimum absolute atomic E-state index is 0.0797. The molecule has 18 heavy (non-hydrogen) atoms. The van der Waals surface area contributed by atoms with Crippen molar-refractivity contribution in [2.24, 2.45) is 4.99 Å². The van der Waals surface area contributed by atoms with Gasteiger partial charge in [-0.3, -0.25) is 10.4 Å². The van der Waals surface area contributed by atoms with Gasteiger partial charge >= 0.3 is 0 Å². The van der Waals surface area contributed by atoms with Crippen LogP contribution >= 0.6 is 0 Å². The van der Waals surface area contributed by atoms with Crippen molar-refractivity contribution in [2.45, 2.75) is 13.0 Å². The summed E-state index contributed by atoms with van der Waals surface area (Å²) in [7, 11) is 5.85. The predicted octanol–water partition coefficient (Wildman–Crippen LogP) is 1.64. The van der Waals surface area contributed by atoms with E-state index in [2.05, 4.69) is 10.4 Å². The molecule has 0 aromatic heterocycles. The maximum absolute atomic E-state index is 7.93. The fraction of sp³-hybridized carbons (Fsp3) is 0.385. The second kappa shape index (κ2) is 4.78. The molecule has 1 aromatic carbocycles. The number of nitrogens with zero attached hydrogens (tertiary/aromatic N) is 3. The molecule has 0 saturated carbocycles. The van der Waals surface area contributed by atoms with Crippen molar-refractivity contribution in [3.05, 3.63) is 24.3 Å². The van der Waals surface area contributed by atoms with Crippen molar-refractivity contribution in [3.8, 4) is 0 Å². The Morgan fingerprint density at radius 3 is 2.33 bits per heavy atom. The normalized spacial score (nSPS) is 21.8. The second-order valence-corrected chi connectivity index (χ2v) is 4.67. The van der Waals surface area contributed by atoms with Crippen molar-refractivity contribution in [3.63, 3.8) is 0 Å². The average molecular weight is 245 g/mol. The van der Waals surface area contributed by atoms with Gasteiger partial charge in [-0.1, -0.05) is 0 Å². The molecule has 1 fully saturated rings. The third-order valence-corrected chi connectivity index (χ3v) is 2.99. The van der Waals surface area contributed by atoms with Gasteiger partial charge in [-0.25, -0.2) is 10.4 Å². The van der Waals surface area contributed by atoms with E-state index in [0.29, 0.717) is 5.84 Å². The highest BCUT2D eigenvalue weighted by Gasteiger charge is 2.27. The minimum atomic E-state index is 0.0797. The van der Waals surface area contributed by atoms with Gasteiger partial charge in [-0.2, -0.15) is 0 Å². The standard InChI is InChI=1S/C13H19N5/c1-9-12(13(14)18(4)16-9)15-10-5-7-11(8-6-10)17(2)3/h5-9,14,16H,1-4H3. The minimum Gasteiger partial charge on any atom is -0.378 e.